The van der Waals surface area contributed by atoms with Crippen molar-refractivity contribution in [3.8, 4) is 22.3 Å². The van der Waals surface area contributed by atoms with Gasteiger partial charge in [-0.1, -0.05) is 48.5 Å². The molecule has 4 N–H and O–H groups in total. The van der Waals surface area contributed by atoms with Crippen molar-refractivity contribution in [3.63, 3.8) is 0 Å². The standard InChI is InChI=1S/C17H13N3/c18-17(19)20-14-9-8-10-4-3-7-12-11-5-1-2-6-13(11)16(14)15(10)12/h1-9H,(H4,18,19,20). The van der Waals surface area contributed by atoms with Gasteiger partial charge in [0.05, 0.1) is 5.69 Å². The summed E-state index contributed by atoms with van der Waals surface area (Å²) >= 11 is 0. The zero-order valence-electron chi connectivity index (χ0n) is 10.8. The fourth-order valence-electron chi connectivity index (χ4n) is 3.03. The van der Waals surface area contributed by atoms with Crippen molar-refractivity contribution in [2.75, 3.05) is 0 Å². The molecule has 96 valence electrons. The summed E-state index contributed by atoms with van der Waals surface area (Å²) in [6, 6.07) is 18.8. The zero-order chi connectivity index (χ0) is 13.7. The Balaban J connectivity index is 2.21. The number of rotatable bonds is 1. The van der Waals surface area contributed by atoms with Crippen LogP contribution in [0.3, 0.4) is 0 Å². The lowest BCUT2D eigenvalue weighted by Crippen LogP contribution is -2.21. The fraction of sp³-hybridized carbons (Fsp3) is 0. The second kappa shape index (κ2) is 3.84. The molecule has 0 fully saturated rings. The Morgan fingerprint density at radius 2 is 1.50 bits per heavy atom. The van der Waals surface area contributed by atoms with Crippen molar-refractivity contribution in [1.29, 1.82) is 0 Å². The van der Waals surface area contributed by atoms with Gasteiger partial charge >= 0.3 is 0 Å². The Morgan fingerprint density at radius 1 is 0.750 bits per heavy atom. The lowest BCUT2D eigenvalue weighted by molar-refractivity contribution is 1.43. The van der Waals surface area contributed by atoms with Gasteiger partial charge in [0.15, 0.2) is 5.96 Å². The third-order valence-electron chi connectivity index (χ3n) is 3.76. The van der Waals surface area contributed by atoms with Gasteiger partial charge in [0.25, 0.3) is 0 Å². The number of aliphatic imine (C=N–C) groups is 1. The van der Waals surface area contributed by atoms with E-state index in [9.17, 15) is 0 Å². The topological polar surface area (TPSA) is 64.4 Å². The van der Waals surface area contributed by atoms with E-state index < -0.39 is 0 Å². The molecule has 1 aliphatic carbocycles. The molecule has 0 radical (unpaired) electrons. The molecule has 0 unspecified atom stereocenters. The van der Waals surface area contributed by atoms with Gasteiger partial charge in [0.2, 0.25) is 0 Å². The number of benzene rings is 3. The first-order chi connectivity index (χ1) is 9.75. The van der Waals surface area contributed by atoms with E-state index in [2.05, 4.69) is 47.5 Å². The molecule has 0 saturated heterocycles. The average molecular weight is 259 g/mol. The van der Waals surface area contributed by atoms with Gasteiger partial charge in [-0.05, 0) is 33.5 Å². The molecule has 0 saturated carbocycles. The monoisotopic (exact) mass is 259 g/mol. The summed E-state index contributed by atoms with van der Waals surface area (Å²) in [5, 5.41) is 2.44. The Morgan fingerprint density at radius 3 is 2.30 bits per heavy atom. The Labute approximate surface area is 116 Å². The summed E-state index contributed by atoms with van der Waals surface area (Å²) in [5.74, 6) is 0.0856. The molecule has 0 spiro atoms. The molecular weight excluding hydrogens is 246 g/mol. The van der Waals surface area contributed by atoms with Gasteiger partial charge < -0.3 is 11.5 Å². The van der Waals surface area contributed by atoms with Crippen LogP contribution in [0, 0.1) is 0 Å². The summed E-state index contributed by atoms with van der Waals surface area (Å²) in [6.07, 6.45) is 0. The zero-order valence-corrected chi connectivity index (χ0v) is 10.8. The van der Waals surface area contributed by atoms with Crippen LogP contribution in [0.5, 0.6) is 0 Å². The second-order valence-electron chi connectivity index (χ2n) is 4.95. The molecule has 0 atom stereocenters. The second-order valence-corrected chi connectivity index (χ2v) is 4.95. The molecule has 0 aromatic heterocycles. The summed E-state index contributed by atoms with van der Waals surface area (Å²) in [6.45, 7) is 0. The largest absolute Gasteiger partial charge is 0.370 e. The molecule has 3 aromatic carbocycles. The molecule has 1 aliphatic rings. The first kappa shape index (κ1) is 11.1. The SMILES string of the molecule is NC(N)=Nc1ccc2cccc3c2c1-c1ccccc1-3. The van der Waals surface area contributed by atoms with Crippen molar-refractivity contribution in [1.82, 2.24) is 0 Å². The lowest BCUT2D eigenvalue weighted by Gasteiger charge is -2.06. The third kappa shape index (κ3) is 1.37. The fourth-order valence-corrected chi connectivity index (χ4v) is 3.03. The number of nitrogens with zero attached hydrogens (tertiary/aromatic N) is 1. The number of fused-ring (bicyclic) bond motifs is 3. The normalized spacial score (nSPS) is 11.4. The first-order valence-corrected chi connectivity index (χ1v) is 6.51. The maximum atomic E-state index is 5.56. The highest BCUT2D eigenvalue weighted by Crippen LogP contribution is 2.50. The molecular formula is C17H13N3. The quantitative estimate of drug-likeness (QED) is 0.406. The summed E-state index contributed by atoms with van der Waals surface area (Å²) in [5.41, 5.74) is 16.8. The molecule has 4 rings (SSSR count). The van der Waals surface area contributed by atoms with Crippen molar-refractivity contribution in [2.45, 2.75) is 0 Å². The highest BCUT2D eigenvalue weighted by atomic mass is 15.0. The van der Waals surface area contributed by atoms with E-state index in [1.807, 2.05) is 12.1 Å². The van der Waals surface area contributed by atoms with Gasteiger partial charge in [-0.25, -0.2) is 4.99 Å². The van der Waals surface area contributed by atoms with Gasteiger partial charge in [-0.15, -0.1) is 0 Å². The minimum atomic E-state index is 0.0856. The molecule has 20 heavy (non-hydrogen) atoms. The van der Waals surface area contributed by atoms with Crippen molar-refractivity contribution >= 4 is 22.4 Å². The van der Waals surface area contributed by atoms with Crippen LogP contribution >= 0.6 is 0 Å². The number of hydrogen-bond acceptors (Lipinski definition) is 1. The van der Waals surface area contributed by atoms with Crippen molar-refractivity contribution in [3.05, 3.63) is 54.6 Å². The number of hydrogen-bond donors (Lipinski definition) is 2. The van der Waals surface area contributed by atoms with E-state index in [0.717, 1.165) is 11.3 Å². The van der Waals surface area contributed by atoms with Crippen LogP contribution in [0.1, 0.15) is 0 Å². The third-order valence-corrected chi connectivity index (χ3v) is 3.76. The van der Waals surface area contributed by atoms with Crippen LogP contribution in [0.4, 0.5) is 5.69 Å². The van der Waals surface area contributed by atoms with Gasteiger partial charge in [0, 0.05) is 5.56 Å². The predicted octanol–water partition coefficient (Wildman–Crippen LogP) is 3.39. The molecule has 3 heteroatoms. The van der Waals surface area contributed by atoms with Gasteiger partial charge in [-0.3, -0.25) is 0 Å². The smallest absolute Gasteiger partial charge is 0.191 e. The summed E-state index contributed by atoms with van der Waals surface area (Å²) < 4.78 is 0. The Bertz CT molecular complexity index is 875. The van der Waals surface area contributed by atoms with Gasteiger partial charge in [-0.2, -0.15) is 0 Å². The summed E-state index contributed by atoms with van der Waals surface area (Å²) in [7, 11) is 0. The minimum absolute atomic E-state index is 0.0856. The maximum Gasteiger partial charge on any atom is 0.191 e. The Hall–Kier alpha value is -2.81. The highest BCUT2D eigenvalue weighted by molar-refractivity contribution is 6.18. The molecule has 0 amide bonds. The lowest BCUT2D eigenvalue weighted by atomic mass is 10.0. The highest BCUT2D eigenvalue weighted by Gasteiger charge is 2.23. The number of guanidine groups is 1. The molecule has 3 nitrogen and oxygen atoms in total. The average Bonchev–Trinajstić information content (AvgIpc) is 2.79. The van der Waals surface area contributed by atoms with Crippen molar-refractivity contribution < 1.29 is 0 Å². The predicted molar refractivity (Wildman–Crippen MR) is 83.8 cm³/mol. The molecule has 0 bridgehead atoms. The van der Waals surface area contributed by atoms with Crippen LogP contribution in [-0.2, 0) is 0 Å². The van der Waals surface area contributed by atoms with E-state index in [0.29, 0.717) is 0 Å². The number of nitrogens with two attached hydrogens (primary N) is 2. The Kier molecular flexibility index (Phi) is 2.12. The molecule has 0 aliphatic heterocycles. The van der Waals surface area contributed by atoms with Gasteiger partial charge in [0.1, 0.15) is 0 Å². The van der Waals surface area contributed by atoms with Crippen molar-refractivity contribution in [2.24, 2.45) is 16.5 Å². The van der Waals surface area contributed by atoms with Crippen LogP contribution in [0.15, 0.2) is 59.6 Å². The maximum absolute atomic E-state index is 5.56. The van der Waals surface area contributed by atoms with E-state index >= 15 is 0 Å². The molecule has 3 aromatic rings. The van der Waals surface area contributed by atoms with E-state index in [4.69, 9.17) is 11.5 Å². The van der Waals surface area contributed by atoms with E-state index in [1.165, 1.54) is 27.5 Å². The summed E-state index contributed by atoms with van der Waals surface area (Å²) in [4.78, 5) is 4.28. The van der Waals surface area contributed by atoms with Crippen LogP contribution in [0.2, 0.25) is 0 Å². The van der Waals surface area contributed by atoms with Crippen LogP contribution in [0.25, 0.3) is 33.0 Å². The molecule has 0 heterocycles. The minimum Gasteiger partial charge on any atom is -0.370 e. The van der Waals surface area contributed by atoms with Crippen LogP contribution in [-0.4, -0.2) is 5.96 Å². The first-order valence-electron chi connectivity index (χ1n) is 6.51. The van der Waals surface area contributed by atoms with E-state index in [-0.39, 0.29) is 5.96 Å². The van der Waals surface area contributed by atoms with E-state index in [1.54, 1.807) is 0 Å². The van der Waals surface area contributed by atoms with Crippen LogP contribution < -0.4 is 11.5 Å².